The molecule has 3 rings (SSSR count). The van der Waals surface area contributed by atoms with Gasteiger partial charge in [0, 0.05) is 37.2 Å². The molecule has 1 aliphatic carbocycles. The lowest BCUT2D eigenvalue weighted by Gasteiger charge is -2.32. The molecule has 1 saturated heterocycles. The van der Waals surface area contributed by atoms with Crippen molar-refractivity contribution in [3.63, 3.8) is 0 Å². The third-order valence-electron chi connectivity index (χ3n) is 5.97. The summed E-state index contributed by atoms with van der Waals surface area (Å²) in [5, 5.41) is 5.90. The minimum Gasteiger partial charge on any atom is -0.352 e. The van der Waals surface area contributed by atoms with Gasteiger partial charge < -0.3 is 20.4 Å². The number of likely N-dealkylation sites (N-methyl/N-ethyl adjacent to an activating group) is 1. The molecule has 3 amide bonds. The second-order valence-corrected chi connectivity index (χ2v) is 8.73. The number of benzene rings is 1. The lowest BCUT2D eigenvalue weighted by molar-refractivity contribution is -0.142. The van der Waals surface area contributed by atoms with E-state index < -0.39 is 0 Å². The van der Waals surface area contributed by atoms with Crippen LogP contribution in [0.25, 0.3) is 0 Å². The molecule has 2 atom stereocenters. The lowest BCUT2D eigenvalue weighted by atomic mass is 9.78. The normalized spacial score (nSPS) is 21.5. The maximum atomic E-state index is 12.9. The maximum Gasteiger partial charge on any atom is 0.238 e. The van der Waals surface area contributed by atoms with E-state index in [0.29, 0.717) is 18.8 Å². The van der Waals surface area contributed by atoms with Crippen molar-refractivity contribution in [2.75, 3.05) is 39.0 Å². The van der Waals surface area contributed by atoms with E-state index in [1.165, 1.54) is 0 Å². The summed E-state index contributed by atoms with van der Waals surface area (Å²) in [6.07, 6.45) is 5.73. The first kappa shape index (κ1) is 22.3. The number of hydrogen-bond donors (Lipinski definition) is 2. The van der Waals surface area contributed by atoms with Crippen LogP contribution in [0.5, 0.6) is 0 Å². The van der Waals surface area contributed by atoms with Crippen LogP contribution in [0.3, 0.4) is 0 Å². The third-order valence-corrected chi connectivity index (χ3v) is 5.97. The number of nitrogens with one attached hydrogen (secondary N) is 2. The Labute approximate surface area is 179 Å². The molecule has 1 aromatic carbocycles. The summed E-state index contributed by atoms with van der Waals surface area (Å²) in [4.78, 5) is 41.6. The van der Waals surface area contributed by atoms with E-state index in [-0.39, 0.29) is 29.6 Å². The largest absolute Gasteiger partial charge is 0.352 e. The summed E-state index contributed by atoms with van der Waals surface area (Å²) < 4.78 is 0. The van der Waals surface area contributed by atoms with Crippen molar-refractivity contribution in [1.82, 2.24) is 15.1 Å². The smallest absolute Gasteiger partial charge is 0.238 e. The molecule has 7 nitrogen and oxygen atoms in total. The van der Waals surface area contributed by atoms with E-state index in [0.717, 1.165) is 57.2 Å². The second-order valence-electron chi connectivity index (χ2n) is 8.73. The number of carbonyl (C=O) groups is 3. The van der Waals surface area contributed by atoms with Gasteiger partial charge in [0.25, 0.3) is 0 Å². The fourth-order valence-electron chi connectivity index (χ4n) is 4.48. The van der Waals surface area contributed by atoms with Crippen molar-refractivity contribution in [3.8, 4) is 0 Å². The standard InChI is InChI=1S/C23H34N4O3/c1-26(2)16-21(28)25-18-9-7-8-17(14-18)15-24-22(29)19-10-3-4-11-20(19)23(30)27-12-5-6-13-27/h7-9,14,19-20H,3-6,10-13,15-16H2,1-2H3,(H,24,29)(H,25,28). The summed E-state index contributed by atoms with van der Waals surface area (Å²) in [5.41, 5.74) is 1.64. The van der Waals surface area contributed by atoms with Crippen LogP contribution in [0.4, 0.5) is 5.69 Å². The molecule has 1 saturated carbocycles. The summed E-state index contributed by atoms with van der Waals surface area (Å²) in [6, 6.07) is 7.51. The summed E-state index contributed by atoms with van der Waals surface area (Å²) in [5.74, 6) is -0.373. The number of hydrogen-bond acceptors (Lipinski definition) is 4. The molecule has 164 valence electrons. The summed E-state index contributed by atoms with van der Waals surface area (Å²) in [6.45, 7) is 2.36. The molecule has 1 aromatic rings. The van der Waals surface area contributed by atoms with Gasteiger partial charge in [-0.3, -0.25) is 14.4 Å². The van der Waals surface area contributed by atoms with Gasteiger partial charge in [0.1, 0.15) is 0 Å². The lowest BCUT2D eigenvalue weighted by Crippen LogP contribution is -2.44. The van der Waals surface area contributed by atoms with Crippen LogP contribution in [0.2, 0.25) is 0 Å². The number of amides is 3. The number of rotatable bonds is 7. The molecule has 0 aromatic heterocycles. The SMILES string of the molecule is CN(C)CC(=O)Nc1cccc(CNC(=O)C2CCCCC2C(=O)N2CCCC2)c1. The molecule has 2 aliphatic rings. The zero-order chi connectivity index (χ0) is 21.5. The van der Waals surface area contributed by atoms with Gasteiger partial charge in [-0.1, -0.05) is 25.0 Å². The Bertz CT molecular complexity index is 759. The molecule has 1 heterocycles. The highest BCUT2D eigenvalue weighted by molar-refractivity contribution is 5.92. The first-order chi connectivity index (χ1) is 14.4. The first-order valence-electron chi connectivity index (χ1n) is 11.0. The van der Waals surface area contributed by atoms with E-state index in [1.807, 2.05) is 48.2 Å². The van der Waals surface area contributed by atoms with Crippen molar-refractivity contribution < 1.29 is 14.4 Å². The van der Waals surface area contributed by atoms with Crippen LogP contribution in [-0.4, -0.2) is 61.3 Å². The Balaban J connectivity index is 1.56. The van der Waals surface area contributed by atoms with Gasteiger partial charge >= 0.3 is 0 Å². The van der Waals surface area contributed by atoms with Gasteiger partial charge in [0.05, 0.1) is 6.54 Å². The molecular weight excluding hydrogens is 380 g/mol. The fourth-order valence-corrected chi connectivity index (χ4v) is 4.48. The molecular formula is C23H34N4O3. The maximum absolute atomic E-state index is 12.9. The number of carbonyl (C=O) groups excluding carboxylic acids is 3. The van der Waals surface area contributed by atoms with Crippen LogP contribution >= 0.6 is 0 Å². The fraction of sp³-hybridized carbons (Fsp3) is 0.609. The van der Waals surface area contributed by atoms with Crippen molar-refractivity contribution in [2.24, 2.45) is 11.8 Å². The average Bonchev–Trinajstić information content (AvgIpc) is 3.26. The Hall–Kier alpha value is -2.41. The molecule has 2 fully saturated rings. The van der Waals surface area contributed by atoms with Crippen LogP contribution in [0, 0.1) is 11.8 Å². The molecule has 0 bridgehead atoms. The highest BCUT2D eigenvalue weighted by atomic mass is 16.2. The predicted molar refractivity (Wildman–Crippen MR) is 117 cm³/mol. The van der Waals surface area contributed by atoms with Crippen molar-refractivity contribution >= 4 is 23.4 Å². The van der Waals surface area contributed by atoms with Crippen LogP contribution in [0.1, 0.15) is 44.1 Å². The van der Waals surface area contributed by atoms with Gasteiger partial charge in [-0.05, 0) is 57.5 Å². The summed E-state index contributed by atoms with van der Waals surface area (Å²) in [7, 11) is 3.69. The quantitative estimate of drug-likeness (QED) is 0.717. The van der Waals surface area contributed by atoms with Gasteiger partial charge in [-0.2, -0.15) is 0 Å². The van der Waals surface area contributed by atoms with Gasteiger partial charge in [0.15, 0.2) is 0 Å². The van der Waals surface area contributed by atoms with Gasteiger partial charge in [0.2, 0.25) is 17.7 Å². The second kappa shape index (κ2) is 10.6. The highest BCUT2D eigenvalue weighted by Crippen LogP contribution is 2.32. The van der Waals surface area contributed by atoms with Crippen LogP contribution < -0.4 is 10.6 Å². The first-order valence-corrected chi connectivity index (χ1v) is 11.0. The average molecular weight is 415 g/mol. The van der Waals surface area contributed by atoms with E-state index in [4.69, 9.17) is 0 Å². The minimum absolute atomic E-state index is 0.0331. The van der Waals surface area contributed by atoms with E-state index in [1.54, 1.807) is 0 Å². The Morgan fingerprint density at radius 3 is 2.43 bits per heavy atom. The monoisotopic (exact) mass is 414 g/mol. The molecule has 30 heavy (non-hydrogen) atoms. The Morgan fingerprint density at radius 1 is 1.03 bits per heavy atom. The molecule has 7 heteroatoms. The molecule has 0 spiro atoms. The number of likely N-dealkylation sites (tertiary alicyclic amines) is 1. The molecule has 0 radical (unpaired) electrons. The Morgan fingerprint density at radius 2 is 1.73 bits per heavy atom. The van der Waals surface area contributed by atoms with E-state index in [9.17, 15) is 14.4 Å². The van der Waals surface area contributed by atoms with Crippen molar-refractivity contribution in [1.29, 1.82) is 0 Å². The number of nitrogens with zero attached hydrogens (tertiary/aromatic N) is 2. The third kappa shape index (κ3) is 6.05. The molecule has 1 aliphatic heterocycles. The van der Waals surface area contributed by atoms with E-state index in [2.05, 4.69) is 10.6 Å². The van der Waals surface area contributed by atoms with Gasteiger partial charge in [-0.15, -0.1) is 0 Å². The van der Waals surface area contributed by atoms with Crippen molar-refractivity contribution in [2.45, 2.75) is 45.1 Å². The topological polar surface area (TPSA) is 81.8 Å². The predicted octanol–water partition coefficient (Wildman–Crippen LogP) is 2.23. The number of anilines is 1. The van der Waals surface area contributed by atoms with Crippen LogP contribution in [-0.2, 0) is 20.9 Å². The summed E-state index contributed by atoms with van der Waals surface area (Å²) >= 11 is 0. The highest BCUT2D eigenvalue weighted by Gasteiger charge is 2.38. The Kier molecular flexibility index (Phi) is 7.85. The molecule has 2 N–H and O–H groups in total. The van der Waals surface area contributed by atoms with Crippen LogP contribution in [0.15, 0.2) is 24.3 Å². The van der Waals surface area contributed by atoms with Crippen molar-refractivity contribution in [3.05, 3.63) is 29.8 Å². The zero-order valence-electron chi connectivity index (χ0n) is 18.2. The van der Waals surface area contributed by atoms with E-state index >= 15 is 0 Å². The van der Waals surface area contributed by atoms with Gasteiger partial charge in [-0.25, -0.2) is 0 Å². The minimum atomic E-state index is -0.241. The zero-order valence-corrected chi connectivity index (χ0v) is 18.2. The molecule has 2 unspecified atom stereocenters.